The maximum atomic E-state index is 12.8. The van der Waals surface area contributed by atoms with Gasteiger partial charge in [0.15, 0.2) is 11.5 Å². The minimum Gasteiger partial charge on any atom is -0.495 e. The van der Waals surface area contributed by atoms with Crippen LogP contribution in [0.25, 0.3) is 0 Å². The van der Waals surface area contributed by atoms with Crippen molar-refractivity contribution in [3.05, 3.63) is 40.9 Å². The van der Waals surface area contributed by atoms with Crippen LogP contribution in [0.3, 0.4) is 0 Å². The number of amides is 1. The highest BCUT2D eigenvalue weighted by atomic mass is 35.5. The fourth-order valence-electron chi connectivity index (χ4n) is 2.52. The Morgan fingerprint density at radius 2 is 1.71 bits per heavy atom. The van der Waals surface area contributed by atoms with Crippen LogP contribution in [0.5, 0.6) is 23.0 Å². The smallest absolute Gasteiger partial charge is 0.255 e. The van der Waals surface area contributed by atoms with Gasteiger partial charge in [-0.15, -0.1) is 0 Å². The van der Waals surface area contributed by atoms with Gasteiger partial charge in [-0.05, 0) is 31.5 Å². The summed E-state index contributed by atoms with van der Waals surface area (Å²) in [7, 11) is 3.01. The zero-order valence-electron chi connectivity index (χ0n) is 16.6. The average Bonchev–Trinajstić information content (AvgIpc) is 2.70. The predicted octanol–water partition coefficient (Wildman–Crippen LogP) is 5.19. The summed E-state index contributed by atoms with van der Waals surface area (Å²) in [6, 6.07) is 8.31. The largest absolute Gasteiger partial charge is 0.495 e. The summed E-state index contributed by atoms with van der Waals surface area (Å²) >= 11 is 6.11. The van der Waals surface area contributed by atoms with Gasteiger partial charge in [0.1, 0.15) is 11.5 Å². The number of methoxy groups -OCH3 is 2. The van der Waals surface area contributed by atoms with E-state index in [9.17, 15) is 4.79 Å². The van der Waals surface area contributed by atoms with Crippen LogP contribution in [-0.2, 0) is 0 Å². The summed E-state index contributed by atoms with van der Waals surface area (Å²) < 4.78 is 21.9. The van der Waals surface area contributed by atoms with E-state index < -0.39 is 0 Å². The van der Waals surface area contributed by atoms with Crippen LogP contribution in [0.4, 0.5) is 5.69 Å². The van der Waals surface area contributed by atoms with E-state index in [0.29, 0.717) is 52.5 Å². The van der Waals surface area contributed by atoms with Crippen molar-refractivity contribution < 1.29 is 23.7 Å². The van der Waals surface area contributed by atoms with Gasteiger partial charge in [0.2, 0.25) is 0 Å². The Bertz CT molecular complexity index is 810. The number of hydrogen-bond acceptors (Lipinski definition) is 5. The quantitative estimate of drug-likeness (QED) is 0.549. The topological polar surface area (TPSA) is 66.0 Å². The lowest BCUT2D eigenvalue weighted by Gasteiger charge is -2.15. The van der Waals surface area contributed by atoms with Gasteiger partial charge in [-0.25, -0.2) is 0 Å². The number of benzene rings is 2. The predicted molar refractivity (Wildman–Crippen MR) is 111 cm³/mol. The standard InChI is InChI=1S/C21H26ClNO5/c1-5-7-10-28-17-9-8-14(11-20(17)27-6-2)21(24)23-16-13-18(25-3)15(22)12-19(16)26-4/h8-9,11-13H,5-7,10H2,1-4H3,(H,23,24). The SMILES string of the molecule is CCCCOc1ccc(C(=O)Nc2cc(OC)c(Cl)cc2OC)cc1OCC. The van der Waals surface area contributed by atoms with Crippen molar-refractivity contribution in [3.8, 4) is 23.0 Å². The first-order valence-electron chi connectivity index (χ1n) is 9.16. The molecule has 0 radical (unpaired) electrons. The summed E-state index contributed by atoms with van der Waals surface area (Å²) in [4.78, 5) is 12.8. The van der Waals surface area contributed by atoms with Crippen LogP contribution in [-0.4, -0.2) is 33.3 Å². The van der Waals surface area contributed by atoms with Gasteiger partial charge in [0, 0.05) is 17.7 Å². The summed E-state index contributed by atoms with van der Waals surface area (Å²) in [5.41, 5.74) is 0.886. The third kappa shape index (κ3) is 5.45. The molecule has 0 unspecified atom stereocenters. The molecule has 152 valence electrons. The van der Waals surface area contributed by atoms with E-state index in [0.717, 1.165) is 12.8 Å². The van der Waals surface area contributed by atoms with Gasteiger partial charge in [-0.3, -0.25) is 4.79 Å². The monoisotopic (exact) mass is 407 g/mol. The highest BCUT2D eigenvalue weighted by Gasteiger charge is 2.16. The first kappa shape index (κ1) is 21.7. The molecule has 0 heterocycles. The Morgan fingerprint density at radius 1 is 0.964 bits per heavy atom. The van der Waals surface area contributed by atoms with E-state index in [1.54, 1.807) is 30.3 Å². The molecule has 2 aromatic rings. The third-order valence-corrected chi connectivity index (χ3v) is 4.28. The van der Waals surface area contributed by atoms with Crippen LogP contribution in [0.2, 0.25) is 5.02 Å². The highest BCUT2D eigenvalue weighted by Crippen LogP contribution is 2.36. The molecule has 1 amide bonds. The molecule has 0 atom stereocenters. The van der Waals surface area contributed by atoms with E-state index in [2.05, 4.69) is 12.2 Å². The molecule has 0 aliphatic carbocycles. The Morgan fingerprint density at radius 3 is 2.36 bits per heavy atom. The summed E-state index contributed by atoms with van der Waals surface area (Å²) in [6.45, 7) is 5.05. The van der Waals surface area contributed by atoms with E-state index in [1.807, 2.05) is 6.92 Å². The van der Waals surface area contributed by atoms with Crippen molar-refractivity contribution in [2.24, 2.45) is 0 Å². The second kappa shape index (κ2) is 10.7. The fraction of sp³-hybridized carbons (Fsp3) is 0.381. The molecule has 2 aromatic carbocycles. The lowest BCUT2D eigenvalue weighted by atomic mass is 10.1. The molecule has 0 aliphatic rings. The van der Waals surface area contributed by atoms with E-state index >= 15 is 0 Å². The van der Waals surface area contributed by atoms with Crippen LogP contribution in [0, 0.1) is 0 Å². The van der Waals surface area contributed by atoms with Crippen LogP contribution in [0.1, 0.15) is 37.0 Å². The van der Waals surface area contributed by atoms with Gasteiger partial charge < -0.3 is 24.3 Å². The lowest BCUT2D eigenvalue weighted by molar-refractivity contribution is 0.102. The molecule has 1 N–H and O–H groups in total. The summed E-state index contributed by atoms with van der Waals surface area (Å²) in [5, 5.41) is 3.21. The van der Waals surface area contributed by atoms with Crippen LogP contribution >= 0.6 is 11.6 Å². The number of hydrogen-bond donors (Lipinski definition) is 1. The van der Waals surface area contributed by atoms with Crippen molar-refractivity contribution in [2.45, 2.75) is 26.7 Å². The molecule has 0 saturated carbocycles. The molecular formula is C21H26ClNO5. The zero-order valence-corrected chi connectivity index (χ0v) is 17.4. The fourth-order valence-corrected chi connectivity index (χ4v) is 2.75. The van der Waals surface area contributed by atoms with Crippen molar-refractivity contribution in [1.82, 2.24) is 0 Å². The Kier molecular flexibility index (Phi) is 8.26. The minimum atomic E-state index is -0.316. The lowest BCUT2D eigenvalue weighted by Crippen LogP contribution is -2.13. The number of ether oxygens (including phenoxy) is 4. The number of unbranched alkanes of at least 4 members (excludes halogenated alkanes) is 1. The summed E-state index contributed by atoms with van der Waals surface area (Å²) in [5.74, 6) is 1.71. The van der Waals surface area contributed by atoms with Crippen LogP contribution in [0.15, 0.2) is 30.3 Å². The van der Waals surface area contributed by atoms with E-state index in [1.165, 1.54) is 14.2 Å². The van der Waals surface area contributed by atoms with Crippen molar-refractivity contribution in [2.75, 3.05) is 32.8 Å². The number of carbonyl (C=O) groups is 1. The first-order valence-corrected chi connectivity index (χ1v) is 9.54. The molecule has 6 nitrogen and oxygen atoms in total. The van der Waals surface area contributed by atoms with Gasteiger partial charge >= 0.3 is 0 Å². The van der Waals surface area contributed by atoms with Crippen molar-refractivity contribution >= 4 is 23.2 Å². The van der Waals surface area contributed by atoms with Gasteiger partial charge in [0.25, 0.3) is 5.91 Å². The second-order valence-electron chi connectivity index (χ2n) is 5.94. The van der Waals surface area contributed by atoms with Gasteiger partial charge in [0.05, 0.1) is 38.1 Å². The summed E-state index contributed by atoms with van der Waals surface area (Å²) in [6.07, 6.45) is 1.99. The number of nitrogens with one attached hydrogen (secondary N) is 1. The molecule has 0 saturated heterocycles. The van der Waals surface area contributed by atoms with Crippen LogP contribution < -0.4 is 24.3 Å². The molecule has 28 heavy (non-hydrogen) atoms. The number of halogens is 1. The molecule has 7 heteroatoms. The maximum absolute atomic E-state index is 12.8. The zero-order chi connectivity index (χ0) is 20.5. The minimum absolute atomic E-state index is 0.316. The number of rotatable bonds is 10. The average molecular weight is 408 g/mol. The molecule has 0 spiro atoms. The second-order valence-corrected chi connectivity index (χ2v) is 6.34. The number of carbonyl (C=O) groups excluding carboxylic acids is 1. The molecular weight excluding hydrogens is 382 g/mol. The van der Waals surface area contributed by atoms with Gasteiger partial charge in [-0.2, -0.15) is 0 Å². The third-order valence-electron chi connectivity index (χ3n) is 3.98. The first-order chi connectivity index (χ1) is 13.5. The molecule has 0 aromatic heterocycles. The normalized spacial score (nSPS) is 10.3. The van der Waals surface area contributed by atoms with E-state index in [4.69, 9.17) is 30.5 Å². The molecule has 2 rings (SSSR count). The Labute approximate surface area is 170 Å². The molecule has 0 bridgehead atoms. The van der Waals surface area contributed by atoms with Gasteiger partial charge in [-0.1, -0.05) is 24.9 Å². The maximum Gasteiger partial charge on any atom is 0.255 e. The highest BCUT2D eigenvalue weighted by molar-refractivity contribution is 6.32. The van der Waals surface area contributed by atoms with E-state index in [-0.39, 0.29) is 5.91 Å². The molecule has 0 aliphatic heterocycles. The number of anilines is 1. The van der Waals surface area contributed by atoms with Crippen molar-refractivity contribution in [1.29, 1.82) is 0 Å². The Balaban J connectivity index is 2.25. The van der Waals surface area contributed by atoms with Crippen molar-refractivity contribution in [3.63, 3.8) is 0 Å². The molecule has 0 fully saturated rings. The Hall–Kier alpha value is -2.60.